The number of carbonyl (C=O) groups is 1. The number of benzene rings is 1. The van der Waals surface area contributed by atoms with Gasteiger partial charge in [-0.05, 0) is 0 Å². The van der Waals surface area contributed by atoms with Crippen LogP contribution in [0.2, 0.25) is 25.1 Å². The quantitative estimate of drug-likeness (QED) is 0.467. The van der Waals surface area contributed by atoms with Crippen LogP contribution in [-0.4, -0.2) is 22.9 Å². The number of hydrogen-bond acceptors (Lipinski definition) is 3. The molecule has 9 heteroatoms. The molecule has 0 amide bonds. The van der Waals surface area contributed by atoms with E-state index in [2.05, 4.69) is 0 Å². The molecule has 0 radical (unpaired) electrons. The van der Waals surface area contributed by atoms with Gasteiger partial charge < -0.3 is 10.8 Å². The Morgan fingerprint density at radius 2 is 1.44 bits per heavy atom. The SMILES string of the molecule is NC(CSc1c(Cl)c(Cl)c(Cl)c(Cl)c1Cl)C(=O)O. The largest absolute Gasteiger partial charge is 0.480 e. The van der Waals surface area contributed by atoms with E-state index in [9.17, 15) is 4.79 Å². The van der Waals surface area contributed by atoms with E-state index in [-0.39, 0.29) is 30.9 Å². The summed E-state index contributed by atoms with van der Waals surface area (Å²) >= 11 is 30.5. The van der Waals surface area contributed by atoms with Gasteiger partial charge in [0.2, 0.25) is 0 Å². The van der Waals surface area contributed by atoms with E-state index < -0.39 is 12.0 Å². The number of halogens is 5. The zero-order valence-corrected chi connectivity index (χ0v) is 13.1. The molecule has 0 aliphatic rings. The Morgan fingerprint density at radius 1 is 1.06 bits per heavy atom. The summed E-state index contributed by atoms with van der Waals surface area (Å²) in [5.74, 6) is -1.05. The average Bonchev–Trinajstić information content (AvgIpc) is 2.33. The molecule has 1 atom stereocenters. The highest BCUT2D eigenvalue weighted by Gasteiger charge is 2.21. The first-order valence-corrected chi connectivity index (χ1v) is 7.27. The van der Waals surface area contributed by atoms with Gasteiger partial charge in [-0.2, -0.15) is 0 Å². The van der Waals surface area contributed by atoms with E-state index in [1.54, 1.807) is 0 Å². The molecule has 1 unspecified atom stereocenters. The molecule has 0 aliphatic heterocycles. The van der Waals surface area contributed by atoms with Crippen LogP contribution in [-0.2, 0) is 4.79 Å². The Balaban J connectivity index is 3.07. The molecule has 0 heterocycles. The van der Waals surface area contributed by atoms with Crippen LogP contribution in [0.1, 0.15) is 0 Å². The van der Waals surface area contributed by atoms with E-state index >= 15 is 0 Å². The predicted molar refractivity (Wildman–Crippen MR) is 77.8 cm³/mol. The summed E-state index contributed by atoms with van der Waals surface area (Å²) in [6, 6.07) is -1.05. The summed E-state index contributed by atoms with van der Waals surface area (Å²) in [5.41, 5.74) is 5.37. The number of carboxylic acid groups (broad SMARTS) is 1. The lowest BCUT2D eigenvalue weighted by Crippen LogP contribution is -2.32. The Hall–Kier alpha value is 0.450. The minimum absolute atomic E-state index is 0.0558. The Bertz CT molecular complexity index is 467. The molecule has 0 saturated carbocycles. The van der Waals surface area contributed by atoms with Gasteiger partial charge in [0, 0.05) is 10.6 Å². The molecule has 1 aromatic rings. The maximum absolute atomic E-state index is 10.6. The van der Waals surface area contributed by atoms with E-state index in [1.807, 2.05) is 0 Å². The maximum Gasteiger partial charge on any atom is 0.321 e. The van der Waals surface area contributed by atoms with Crippen molar-refractivity contribution in [3.8, 4) is 0 Å². The highest BCUT2D eigenvalue weighted by atomic mass is 35.5. The van der Waals surface area contributed by atoms with Crippen LogP contribution in [0, 0.1) is 0 Å². The lowest BCUT2D eigenvalue weighted by atomic mass is 10.3. The third kappa shape index (κ3) is 3.51. The molecule has 18 heavy (non-hydrogen) atoms. The fourth-order valence-electron chi connectivity index (χ4n) is 0.956. The monoisotopic (exact) mass is 367 g/mol. The number of thioether (sulfide) groups is 1. The number of carboxylic acids is 1. The van der Waals surface area contributed by atoms with Crippen molar-refractivity contribution >= 4 is 75.7 Å². The summed E-state index contributed by atoms with van der Waals surface area (Å²) in [6.07, 6.45) is 0. The van der Waals surface area contributed by atoms with E-state index in [0.717, 1.165) is 11.8 Å². The Kier molecular flexibility index (Phi) is 6.19. The topological polar surface area (TPSA) is 63.3 Å². The average molecular weight is 369 g/mol. The van der Waals surface area contributed by atoms with E-state index in [4.69, 9.17) is 68.8 Å². The van der Waals surface area contributed by atoms with Crippen LogP contribution in [0.3, 0.4) is 0 Å². The van der Waals surface area contributed by atoms with Gasteiger partial charge in [0.15, 0.2) is 0 Å². The number of rotatable bonds is 4. The Labute approximate surface area is 132 Å². The maximum atomic E-state index is 10.6. The third-order valence-electron chi connectivity index (χ3n) is 1.89. The van der Waals surface area contributed by atoms with Crippen LogP contribution >= 0.6 is 69.8 Å². The normalized spacial score (nSPS) is 12.6. The van der Waals surface area contributed by atoms with Crippen molar-refractivity contribution in [3.63, 3.8) is 0 Å². The second-order valence-electron chi connectivity index (χ2n) is 3.15. The van der Waals surface area contributed by atoms with Gasteiger partial charge in [-0.1, -0.05) is 58.0 Å². The van der Waals surface area contributed by atoms with Crippen molar-refractivity contribution in [1.82, 2.24) is 0 Å². The van der Waals surface area contributed by atoms with Crippen LogP contribution in [0.15, 0.2) is 4.90 Å². The zero-order valence-electron chi connectivity index (χ0n) is 8.52. The molecule has 0 aromatic heterocycles. The number of hydrogen-bond donors (Lipinski definition) is 2. The van der Waals surface area contributed by atoms with Gasteiger partial charge in [-0.15, -0.1) is 11.8 Å². The van der Waals surface area contributed by atoms with Gasteiger partial charge in [0.1, 0.15) is 6.04 Å². The highest BCUT2D eigenvalue weighted by Crippen LogP contribution is 2.47. The molecule has 1 aromatic carbocycles. The third-order valence-corrected chi connectivity index (χ3v) is 5.62. The fourth-order valence-corrected chi connectivity index (χ4v) is 3.48. The number of nitrogens with two attached hydrogens (primary N) is 1. The van der Waals surface area contributed by atoms with Gasteiger partial charge in [0.05, 0.1) is 25.1 Å². The molecule has 0 aliphatic carbocycles. The first-order chi connectivity index (χ1) is 8.27. The summed E-state index contributed by atoms with van der Waals surface area (Å²) in [7, 11) is 0. The summed E-state index contributed by atoms with van der Waals surface area (Å²) < 4.78 is 0. The minimum atomic E-state index is -1.12. The van der Waals surface area contributed by atoms with Gasteiger partial charge in [0.25, 0.3) is 0 Å². The van der Waals surface area contributed by atoms with Crippen molar-refractivity contribution in [2.24, 2.45) is 5.73 Å². The van der Waals surface area contributed by atoms with Crippen molar-refractivity contribution in [2.45, 2.75) is 10.9 Å². The standard InChI is InChI=1S/C9H6Cl5NO2S/c10-3-4(11)6(13)8(7(14)5(3)12)18-1-2(15)9(16)17/h2H,1,15H2,(H,16,17). The minimum Gasteiger partial charge on any atom is -0.480 e. The lowest BCUT2D eigenvalue weighted by Gasteiger charge is -2.13. The van der Waals surface area contributed by atoms with E-state index in [0.29, 0.717) is 4.90 Å². The molecule has 0 fully saturated rings. The molecule has 0 saturated heterocycles. The lowest BCUT2D eigenvalue weighted by molar-refractivity contribution is -0.137. The van der Waals surface area contributed by atoms with Crippen LogP contribution in [0.5, 0.6) is 0 Å². The van der Waals surface area contributed by atoms with Crippen LogP contribution in [0.25, 0.3) is 0 Å². The van der Waals surface area contributed by atoms with Crippen LogP contribution < -0.4 is 5.73 Å². The zero-order chi connectivity index (χ0) is 14.0. The fraction of sp³-hybridized carbons (Fsp3) is 0.222. The van der Waals surface area contributed by atoms with Crippen molar-refractivity contribution < 1.29 is 9.90 Å². The molecule has 3 nitrogen and oxygen atoms in total. The number of aliphatic carboxylic acids is 1. The molecular weight excluding hydrogens is 363 g/mol. The van der Waals surface area contributed by atoms with Gasteiger partial charge in [-0.3, -0.25) is 4.79 Å². The molecule has 3 N–H and O–H groups in total. The smallest absolute Gasteiger partial charge is 0.321 e. The van der Waals surface area contributed by atoms with Crippen molar-refractivity contribution in [2.75, 3.05) is 5.75 Å². The van der Waals surface area contributed by atoms with Crippen molar-refractivity contribution in [1.29, 1.82) is 0 Å². The van der Waals surface area contributed by atoms with E-state index in [1.165, 1.54) is 0 Å². The first kappa shape index (κ1) is 16.5. The first-order valence-electron chi connectivity index (χ1n) is 4.40. The second kappa shape index (κ2) is 6.75. The second-order valence-corrected chi connectivity index (χ2v) is 6.07. The Morgan fingerprint density at radius 3 is 1.83 bits per heavy atom. The molecule has 0 bridgehead atoms. The molecule has 100 valence electrons. The highest BCUT2D eigenvalue weighted by molar-refractivity contribution is 7.99. The summed E-state index contributed by atoms with van der Waals surface area (Å²) in [6.45, 7) is 0. The van der Waals surface area contributed by atoms with Crippen LogP contribution in [0.4, 0.5) is 0 Å². The summed E-state index contributed by atoms with van der Waals surface area (Å²) in [4.78, 5) is 11.0. The predicted octanol–water partition coefficient (Wildman–Crippen LogP) is 4.46. The summed E-state index contributed by atoms with van der Waals surface area (Å²) in [5, 5.41) is 9.11. The van der Waals surface area contributed by atoms with Crippen molar-refractivity contribution in [3.05, 3.63) is 25.1 Å². The van der Waals surface area contributed by atoms with Gasteiger partial charge >= 0.3 is 5.97 Å². The van der Waals surface area contributed by atoms with Gasteiger partial charge in [-0.25, -0.2) is 0 Å². The molecule has 1 rings (SSSR count). The molecular formula is C9H6Cl5NO2S. The molecule has 0 spiro atoms.